The Morgan fingerprint density at radius 2 is 1.79 bits per heavy atom. The molecular weight excluding hydrogens is 452 g/mol. The summed E-state index contributed by atoms with van der Waals surface area (Å²) in [6.07, 6.45) is -0.955. The lowest BCUT2D eigenvalue weighted by Gasteiger charge is -2.44. The van der Waals surface area contributed by atoms with E-state index < -0.39 is 32.3 Å². The molecular formula is C25H38N2O6Si. The molecule has 0 radical (unpaired) electrons. The summed E-state index contributed by atoms with van der Waals surface area (Å²) in [6, 6.07) is 2.41. The molecule has 0 bridgehead atoms. The number of anilines is 1. The lowest BCUT2D eigenvalue weighted by atomic mass is 10.1. The van der Waals surface area contributed by atoms with Crippen LogP contribution in [0.15, 0.2) is 24.3 Å². The minimum absolute atomic E-state index is 0.145. The molecule has 2 aliphatic rings. The van der Waals surface area contributed by atoms with Crippen LogP contribution in [-0.4, -0.2) is 61.8 Å². The summed E-state index contributed by atoms with van der Waals surface area (Å²) in [4.78, 5) is 30.5. The fourth-order valence-corrected chi connectivity index (χ4v) is 5.20. The smallest absolute Gasteiger partial charge is 0.417 e. The Kier molecular flexibility index (Phi) is 6.60. The molecule has 188 valence electrons. The lowest BCUT2D eigenvalue weighted by molar-refractivity contribution is 0.0339. The Bertz CT molecular complexity index is 1010. The third kappa shape index (κ3) is 4.81. The Balaban J connectivity index is 2.28. The zero-order valence-electron chi connectivity index (χ0n) is 21.8. The van der Waals surface area contributed by atoms with Gasteiger partial charge < -0.3 is 23.9 Å². The summed E-state index contributed by atoms with van der Waals surface area (Å²) in [6.45, 7) is 20.4. The molecule has 1 aromatic rings. The van der Waals surface area contributed by atoms with Gasteiger partial charge in [0.1, 0.15) is 5.60 Å². The number of carbonyl (C=O) groups is 2. The minimum atomic E-state index is -2.42. The van der Waals surface area contributed by atoms with E-state index in [1.165, 1.54) is 24.1 Å². The van der Waals surface area contributed by atoms with Crippen molar-refractivity contribution in [2.45, 2.75) is 84.0 Å². The number of phenols is 1. The zero-order chi connectivity index (χ0) is 25.8. The van der Waals surface area contributed by atoms with E-state index in [1.54, 1.807) is 25.7 Å². The van der Waals surface area contributed by atoms with Gasteiger partial charge in [0, 0.05) is 12.6 Å². The van der Waals surface area contributed by atoms with E-state index in [1.807, 2.05) is 0 Å². The van der Waals surface area contributed by atoms with Gasteiger partial charge in [-0.1, -0.05) is 32.9 Å². The van der Waals surface area contributed by atoms with Crippen LogP contribution in [0.5, 0.6) is 11.5 Å². The average Bonchev–Trinajstić information content (AvgIpc) is 3.03. The fourth-order valence-electron chi connectivity index (χ4n) is 3.98. The predicted octanol–water partition coefficient (Wildman–Crippen LogP) is 5.27. The van der Waals surface area contributed by atoms with Gasteiger partial charge in [-0.25, -0.2) is 9.69 Å². The van der Waals surface area contributed by atoms with Crippen LogP contribution in [0.2, 0.25) is 18.1 Å². The first-order chi connectivity index (χ1) is 15.5. The van der Waals surface area contributed by atoms with Crippen LogP contribution in [0.4, 0.5) is 10.5 Å². The van der Waals surface area contributed by atoms with E-state index in [9.17, 15) is 14.7 Å². The van der Waals surface area contributed by atoms with Crippen LogP contribution >= 0.6 is 0 Å². The second kappa shape index (κ2) is 8.60. The van der Waals surface area contributed by atoms with Crippen molar-refractivity contribution < 1.29 is 28.6 Å². The quantitative estimate of drug-likeness (QED) is 0.458. The highest BCUT2D eigenvalue weighted by Gasteiger charge is 2.51. The van der Waals surface area contributed by atoms with Crippen molar-refractivity contribution in [2.75, 3.05) is 18.6 Å². The molecule has 2 heterocycles. The summed E-state index contributed by atoms with van der Waals surface area (Å²) in [5.41, 5.74) is 0.589. The number of amides is 2. The topological polar surface area (TPSA) is 88.5 Å². The van der Waals surface area contributed by atoms with Crippen molar-refractivity contribution >= 4 is 26.0 Å². The van der Waals surface area contributed by atoms with Gasteiger partial charge in [-0.15, -0.1) is 0 Å². The van der Waals surface area contributed by atoms with Gasteiger partial charge in [0.15, 0.2) is 26.0 Å². The van der Waals surface area contributed by atoms with Crippen LogP contribution in [0.3, 0.4) is 0 Å². The second-order valence-electron chi connectivity index (χ2n) is 11.6. The summed E-state index contributed by atoms with van der Waals surface area (Å²) in [5, 5.41) is 10.5. The van der Waals surface area contributed by atoms with Gasteiger partial charge >= 0.3 is 6.09 Å². The van der Waals surface area contributed by atoms with E-state index in [2.05, 4.69) is 40.4 Å². The van der Waals surface area contributed by atoms with Crippen molar-refractivity contribution in [2.24, 2.45) is 0 Å². The number of phenolic OH excluding ortho intramolecular Hbond substituents is 1. The summed E-state index contributed by atoms with van der Waals surface area (Å²) >= 11 is 0. The molecule has 1 N–H and O–H groups in total. The number of carbonyl (C=O) groups excluding carboxylic acids is 2. The van der Waals surface area contributed by atoms with Gasteiger partial charge in [0.2, 0.25) is 0 Å². The van der Waals surface area contributed by atoms with Crippen molar-refractivity contribution in [1.29, 1.82) is 0 Å². The van der Waals surface area contributed by atoms with Gasteiger partial charge in [-0.05, 0) is 51.4 Å². The van der Waals surface area contributed by atoms with Crippen molar-refractivity contribution in [3.05, 3.63) is 29.8 Å². The molecule has 1 saturated heterocycles. The molecule has 8 nitrogen and oxygen atoms in total. The van der Waals surface area contributed by atoms with E-state index >= 15 is 0 Å². The standard InChI is InChI=1S/C25H38N2O6Si/c1-15-11-18-22(33-34(9,10)25(5,6)7)27(23(30)32-24(2,3)4)17-13-19(28)20(31-8)12-16(17)21(29)26(18)14-15/h12-13,18,22,28H,1,11,14H2,2-10H3/t18-,22-/m0/s1. The SMILES string of the molecule is C=C1C[C@H]2[C@H](O[Si](C)(C)C(C)(C)C)N(C(=O)OC(C)(C)C)c3cc(O)c(OC)cc3C(=O)N2C1. The number of hydrogen-bond acceptors (Lipinski definition) is 6. The predicted molar refractivity (Wildman–Crippen MR) is 134 cm³/mol. The highest BCUT2D eigenvalue weighted by atomic mass is 28.4. The number of methoxy groups -OCH3 is 1. The number of ether oxygens (including phenoxy) is 2. The maximum absolute atomic E-state index is 13.7. The van der Waals surface area contributed by atoms with E-state index in [0.29, 0.717) is 13.0 Å². The monoisotopic (exact) mass is 490 g/mol. The molecule has 1 aromatic carbocycles. The van der Waals surface area contributed by atoms with Gasteiger partial charge in [-0.2, -0.15) is 0 Å². The summed E-state index contributed by atoms with van der Waals surface area (Å²) < 4.78 is 17.9. The number of fused-ring (bicyclic) bond motifs is 2. The third-order valence-electron chi connectivity index (χ3n) is 6.74. The number of benzene rings is 1. The van der Waals surface area contributed by atoms with Crippen LogP contribution < -0.4 is 9.64 Å². The molecule has 0 spiro atoms. The molecule has 3 rings (SSSR count). The third-order valence-corrected chi connectivity index (χ3v) is 11.2. The Hall–Kier alpha value is -2.52. The van der Waals surface area contributed by atoms with E-state index in [0.717, 1.165) is 5.57 Å². The largest absolute Gasteiger partial charge is 0.504 e. The van der Waals surface area contributed by atoms with Gasteiger partial charge in [-0.3, -0.25) is 4.79 Å². The van der Waals surface area contributed by atoms with Crippen LogP contribution in [0.25, 0.3) is 0 Å². The molecule has 1 fully saturated rings. The molecule has 0 unspecified atom stereocenters. The first kappa shape index (κ1) is 26.1. The van der Waals surface area contributed by atoms with Crippen molar-refractivity contribution in [1.82, 2.24) is 4.90 Å². The highest BCUT2D eigenvalue weighted by Crippen LogP contribution is 2.45. The van der Waals surface area contributed by atoms with Gasteiger partial charge in [0.05, 0.1) is 24.4 Å². The van der Waals surface area contributed by atoms with Crippen molar-refractivity contribution in [3.8, 4) is 11.5 Å². The van der Waals surface area contributed by atoms with Crippen molar-refractivity contribution in [3.63, 3.8) is 0 Å². The summed E-state index contributed by atoms with van der Waals surface area (Å²) in [5.74, 6) is -0.304. The molecule has 2 atom stereocenters. The van der Waals surface area contributed by atoms with E-state index in [-0.39, 0.29) is 33.7 Å². The summed E-state index contributed by atoms with van der Waals surface area (Å²) in [7, 11) is -1.01. The normalized spacial score (nSPS) is 21.2. The van der Waals surface area contributed by atoms with Crippen LogP contribution in [-0.2, 0) is 9.16 Å². The molecule has 0 saturated carbocycles. The van der Waals surface area contributed by atoms with Crippen LogP contribution in [0.1, 0.15) is 58.3 Å². The zero-order valence-corrected chi connectivity index (χ0v) is 22.8. The number of nitrogens with zero attached hydrogens (tertiary/aromatic N) is 2. The number of rotatable bonds is 3. The number of hydrogen-bond donors (Lipinski definition) is 1. The first-order valence-corrected chi connectivity index (χ1v) is 14.5. The lowest BCUT2D eigenvalue weighted by Crippen LogP contribution is -2.58. The minimum Gasteiger partial charge on any atom is -0.504 e. The Labute approximate surface area is 203 Å². The Morgan fingerprint density at radius 3 is 2.32 bits per heavy atom. The molecule has 0 aromatic heterocycles. The molecule has 2 aliphatic heterocycles. The van der Waals surface area contributed by atoms with E-state index in [4.69, 9.17) is 13.9 Å². The second-order valence-corrected chi connectivity index (χ2v) is 16.4. The Morgan fingerprint density at radius 1 is 1.18 bits per heavy atom. The maximum Gasteiger partial charge on any atom is 0.417 e. The maximum atomic E-state index is 13.7. The fraction of sp³-hybridized carbons (Fsp3) is 0.600. The highest BCUT2D eigenvalue weighted by molar-refractivity contribution is 6.74. The molecule has 2 amide bonds. The number of aromatic hydroxyl groups is 1. The average molecular weight is 491 g/mol. The van der Waals surface area contributed by atoms with Gasteiger partial charge in [0.25, 0.3) is 5.91 Å². The van der Waals surface area contributed by atoms with Crippen LogP contribution in [0, 0.1) is 0 Å². The molecule has 0 aliphatic carbocycles. The molecule has 34 heavy (non-hydrogen) atoms. The first-order valence-electron chi connectivity index (χ1n) is 11.6. The molecule has 9 heteroatoms.